The molecule has 0 atom stereocenters. The van der Waals surface area contributed by atoms with Crippen LogP contribution in [0.1, 0.15) is 19.4 Å². The van der Waals surface area contributed by atoms with Crippen LogP contribution in [0.5, 0.6) is 5.75 Å². The van der Waals surface area contributed by atoms with Gasteiger partial charge in [-0.25, -0.2) is 9.59 Å². The molecule has 0 aliphatic carbocycles. The van der Waals surface area contributed by atoms with Gasteiger partial charge in [0.25, 0.3) is 0 Å². The summed E-state index contributed by atoms with van der Waals surface area (Å²) in [4.78, 5) is 22.4. The lowest BCUT2D eigenvalue weighted by Gasteiger charge is -2.07. The minimum Gasteiger partial charge on any atom is -0.450 e. The van der Waals surface area contributed by atoms with Crippen molar-refractivity contribution in [3.8, 4) is 5.75 Å². The van der Waals surface area contributed by atoms with Crippen LogP contribution in [0.4, 0.5) is 4.79 Å². The SMILES string of the molecule is CCOC(=O)NCC(=O)Oc1cccc(CC)c1. The Bertz CT molecular complexity index is 417. The highest BCUT2D eigenvalue weighted by Crippen LogP contribution is 2.13. The molecule has 0 radical (unpaired) electrons. The molecule has 1 N–H and O–H groups in total. The predicted octanol–water partition coefficient (Wildman–Crippen LogP) is 1.90. The van der Waals surface area contributed by atoms with E-state index in [-0.39, 0.29) is 13.2 Å². The minimum atomic E-state index is -0.628. The molecule has 0 saturated heterocycles. The van der Waals surface area contributed by atoms with E-state index in [0.29, 0.717) is 5.75 Å². The van der Waals surface area contributed by atoms with Crippen LogP contribution in [0.2, 0.25) is 0 Å². The summed E-state index contributed by atoms with van der Waals surface area (Å²) in [5.74, 6) is -0.0543. The third kappa shape index (κ3) is 4.86. The van der Waals surface area contributed by atoms with Gasteiger partial charge in [-0.1, -0.05) is 19.1 Å². The monoisotopic (exact) mass is 251 g/mol. The van der Waals surface area contributed by atoms with E-state index in [9.17, 15) is 9.59 Å². The Morgan fingerprint density at radius 1 is 1.28 bits per heavy atom. The Morgan fingerprint density at radius 3 is 2.72 bits per heavy atom. The second kappa shape index (κ2) is 7.32. The Hall–Kier alpha value is -2.04. The van der Waals surface area contributed by atoms with Gasteiger partial charge >= 0.3 is 12.1 Å². The van der Waals surface area contributed by atoms with Crippen LogP contribution in [-0.2, 0) is 16.0 Å². The van der Waals surface area contributed by atoms with Gasteiger partial charge in [0.1, 0.15) is 12.3 Å². The number of rotatable bonds is 5. The Morgan fingerprint density at radius 2 is 2.06 bits per heavy atom. The minimum absolute atomic E-state index is 0.213. The number of benzene rings is 1. The molecule has 5 nitrogen and oxygen atoms in total. The number of ether oxygens (including phenoxy) is 2. The molecule has 0 spiro atoms. The molecule has 0 bridgehead atoms. The standard InChI is InChI=1S/C13H17NO4/c1-3-10-6-5-7-11(8-10)18-12(15)9-14-13(16)17-4-2/h5-8H,3-4,9H2,1-2H3,(H,14,16). The number of esters is 1. The predicted molar refractivity (Wildman–Crippen MR) is 66.5 cm³/mol. The van der Waals surface area contributed by atoms with Crippen molar-refractivity contribution in [1.29, 1.82) is 0 Å². The lowest BCUT2D eigenvalue weighted by Crippen LogP contribution is -2.32. The topological polar surface area (TPSA) is 64.6 Å². The van der Waals surface area contributed by atoms with Gasteiger partial charge in [-0.05, 0) is 31.0 Å². The Labute approximate surface area is 106 Å². The summed E-state index contributed by atoms with van der Waals surface area (Å²) >= 11 is 0. The molecular weight excluding hydrogens is 234 g/mol. The second-order valence-electron chi connectivity index (χ2n) is 3.55. The molecule has 98 valence electrons. The zero-order valence-corrected chi connectivity index (χ0v) is 10.6. The quantitative estimate of drug-likeness (QED) is 0.641. The number of carbonyl (C=O) groups is 2. The molecule has 1 rings (SSSR count). The van der Waals surface area contributed by atoms with Crippen molar-refractivity contribution in [2.45, 2.75) is 20.3 Å². The number of carbonyl (C=O) groups excluding carboxylic acids is 2. The van der Waals surface area contributed by atoms with Gasteiger partial charge in [-0.15, -0.1) is 0 Å². The summed E-state index contributed by atoms with van der Waals surface area (Å²) in [6.45, 7) is 3.76. The van der Waals surface area contributed by atoms with Crippen molar-refractivity contribution < 1.29 is 19.1 Å². The van der Waals surface area contributed by atoms with Gasteiger partial charge in [0, 0.05) is 0 Å². The average molecular weight is 251 g/mol. The normalized spacial score (nSPS) is 9.67. The summed E-state index contributed by atoms with van der Waals surface area (Å²) in [6, 6.07) is 7.26. The first kappa shape index (κ1) is 14.0. The molecular formula is C13H17NO4. The largest absolute Gasteiger partial charge is 0.450 e. The number of amides is 1. The summed E-state index contributed by atoms with van der Waals surface area (Å²) in [6.07, 6.45) is 0.240. The van der Waals surface area contributed by atoms with E-state index in [0.717, 1.165) is 12.0 Å². The van der Waals surface area contributed by atoms with Crippen molar-refractivity contribution in [3.05, 3.63) is 29.8 Å². The molecule has 18 heavy (non-hydrogen) atoms. The first-order chi connectivity index (χ1) is 8.65. The third-order valence-electron chi connectivity index (χ3n) is 2.19. The zero-order chi connectivity index (χ0) is 13.4. The summed E-state index contributed by atoms with van der Waals surface area (Å²) < 4.78 is 9.70. The fourth-order valence-corrected chi connectivity index (χ4v) is 1.32. The molecule has 5 heteroatoms. The first-order valence-electron chi connectivity index (χ1n) is 5.86. The van der Waals surface area contributed by atoms with Crippen LogP contribution >= 0.6 is 0 Å². The Balaban J connectivity index is 2.42. The lowest BCUT2D eigenvalue weighted by molar-refractivity contribution is -0.133. The van der Waals surface area contributed by atoms with E-state index in [1.165, 1.54) is 0 Å². The van der Waals surface area contributed by atoms with Gasteiger partial charge in [0.15, 0.2) is 0 Å². The van der Waals surface area contributed by atoms with Crippen LogP contribution < -0.4 is 10.1 Å². The smallest absolute Gasteiger partial charge is 0.407 e. The van der Waals surface area contributed by atoms with Gasteiger partial charge in [-0.2, -0.15) is 0 Å². The number of aryl methyl sites for hydroxylation is 1. The highest BCUT2D eigenvalue weighted by Gasteiger charge is 2.08. The van der Waals surface area contributed by atoms with Crippen molar-refractivity contribution >= 4 is 12.1 Å². The molecule has 1 aromatic carbocycles. The van der Waals surface area contributed by atoms with Crippen LogP contribution in [0.25, 0.3) is 0 Å². The van der Waals surface area contributed by atoms with Crippen molar-refractivity contribution in [2.24, 2.45) is 0 Å². The maximum atomic E-state index is 11.4. The summed E-state index contributed by atoms with van der Waals surface area (Å²) in [5, 5.41) is 2.30. The number of nitrogens with one attached hydrogen (secondary N) is 1. The van der Waals surface area contributed by atoms with Gasteiger partial charge in [0.2, 0.25) is 0 Å². The zero-order valence-electron chi connectivity index (χ0n) is 10.6. The van der Waals surface area contributed by atoms with Crippen molar-refractivity contribution in [2.75, 3.05) is 13.2 Å². The molecule has 1 amide bonds. The van der Waals surface area contributed by atoms with Crippen LogP contribution in [0.3, 0.4) is 0 Å². The van der Waals surface area contributed by atoms with Crippen LogP contribution in [-0.4, -0.2) is 25.2 Å². The van der Waals surface area contributed by atoms with E-state index in [1.54, 1.807) is 19.1 Å². The Kier molecular flexibility index (Phi) is 5.70. The highest BCUT2D eigenvalue weighted by atomic mass is 16.6. The van der Waals surface area contributed by atoms with Crippen molar-refractivity contribution in [3.63, 3.8) is 0 Å². The number of hydrogen-bond donors (Lipinski definition) is 1. The molecule has 0 unspecified atom stereocenters. The molecule has 0 aromatic heterocycles. The maximum Gasteiger partial charge on any atom is 0.407 e. The first-order valence-corrected chi connectivity index (χ1v) is 5.86. The number of alkyl carbamates (subject to hydrolysis) is 1. The molecule has 0 heterocycles. The molecule has 0 aliphatic heterocycles. The fourth-order valence-electron chi connectivity index (χ4n) is 1.32. The molecule has 0 aliphatic rings. The number of hydrogen-bond acceptors (Lipinski definition) is 4. The van der Waals surface area contributed by atoms with Crippen molar-refractivity contribution in [1.82, 2.24) is 5.32 Å². The molecule has 1 aromatic rings. The van der Waals surface area contributed by atoms with E-state index in [4.69, 9.17) is 4.74 Å². The lowest BCUT2D eigenvalue weighted by atomic mass is 10.2. The highest BCUT2D eigenvalue weighted by molar-refractivity contribution is 5.79. The fraction of sp³-hybridized carbons (Fsp3) is 0.385. The van der Waals surface area contributed by atoms with Crippen LogP contribution in [0.15, 0.2) is 24.3 Å². The van der Waals surface area contributed by atoms with Gasteiger partial charge < -0.3 is 14.8 Å². The summed E-state index contributed by atoms with van der Waals surface area (Å²) in [5.41, 5.74) is 1.08. The maximum absolute atomic E-state index is 11.4. The molecule has 0 saturated carbocycles. The third-order valence-corrected chi connectivity index (χ3v) is 2.19. The van der Waals surface area contributed by atoms with E-state index in [1.807, 2.05) is 19.1 Å². The van der Waals surface area contributed by atoms with E-state index < -0.39 is 12.1 Å². The van der Waals surface area contributed by atoms with Gasteiger partial charge in [0.05, 0.1) is 6.61 Å². The average Bonchev–Trinajstić information content (AvgIpc) is 2.37. The van der Waals surface area contributed by atoms with Gasteiger partial charge in [-0.3, -0.25) is 0 Å². The van der Waals surface area contributed by atoms with E-state index >= 15 is 0 Å². The second-order valence-corrected chi connectivity index (χ2v) is 3.55. The summed E-state index contributed by atoms with van der Waals surface area (Å²) in [7, 11) is 0. The van der Waals surface area contributed by atoms with Crippen LogP contribution in [0, 0.1) is 0 Å². The van der Waals surface area contributed by atoms with E-state index in [2.05, 4.69) is 10.1 Å². The molecule has 0 fully saturated rings.